The molecule has 0 aromatic heterocycles. The monoisotopic (exact) mass is 239 g/mol. The molecule has 0 N–H and O–H groups in total. The molecule has 0 fully saturated rings. The second kappa shape index (κ2) is 7.96. The molecule has 0 heterocycles. The van der Waals surface area contributed by atoms with E-state index in [1.54, 1.807) is 14.2 Å². The van der Waals surface area contributed by atoms with Crippen LogP contribution in [0.25, 0.3) is 0 Å². The molecule has 0 radical (unpaired) electrons. The Balaban J connectivity index is 5.18. The first-order valence-electron chi connectivity index (χ1n) is 5.78. The van der Waals surface area contributed by atoms with E-state index in [1.807, 2.05) is 27.1 Å². The summed E-state index contributed by atoms with van der Waals surface area (Å²) in [5, 5.41) is 0. The van der Waals surface area contributed by atoms with Gasteiger partial charge in [-0.05, 0) is 39.1 Å². The third-order valence-corrected chi connectivity index (χ3v) is 2.38. The van der Waals surface area contributed by atoms with Crippen molar-refractivity contribution in [3.8, 4) is 0 Å². The van der Waals surface area contributed by atoms with E-state index in [0.29, 0.717) is 0 Å². The normalized spacial score (nSPS) is 13.5. The molecule has 0 bridgehead atoms. The summed E-state index contributed by atoms with van der Waals surface area (Å²) in [7, 11) is 7.36. The SMILES string of the molecule is C=C(/C=C(OC)\C(OC)=C(/C)CN(C)C)CC. The van der Waals surface area contributed by atoms with Gasteiger partial charge in [-0.3, -0.25) is 0 Å². The zero-order valence-electron chi connectivity index (χ0n) is 12.0. The molecule has 0 aliphatic rings. The number of allylic oxidation sites excluding steroid dienone is 2. The lowest BCUT2D eigenvalue weighted by Gasteiger charge is -2.16. The van der Waals surface area contributed by atoms with Crippen LogP contribution >= 0.6 is 0 Å². The molecule has 3 nitrogen and oxygen atoms in total. The maximum Gasteiger partial charge on any atom is 0.160 e. The molecule has 0 saturated heterocycles. The predicted octanol–water partition coefficient (Wildman–Crippen LogP) is 2.96. The zero-order valence-corrected chi connectivity index (χ0v) is 12.0. The Bertz CT molecular complexity index is 314. The summed E-state index contributed by atoms with van der Waals surface area (Å²) >= 11 is 0. The van der Waals surface area contributed by atoms with Crippen molar-refractivity contribution in [1.82, 2.24) is 4.90 Å². The Morgan fingerprint density at radius 2 is 1.82 bits per heavy atom. The lowest BCUT2D eigenvalue weighted by Crippen LogP contribution is -2.16. The number of hydrogen-bond donors (Lipinski definition) is 0. The lowest BCUT2D eigenvalue weighted by molar-refractivity contribution is 0.214. The highest BCUT2D eigenvalue weighted by Crippen LogP contribution is 2.19. The molecule has 0 aromatic carbocycles. The van der Waals surface area contributed by atoms with Crippen molar-refractivity contribution in [3.63, 3.8) is 0 Å². The summed E-state index contributed by atoms with van der Waals surface area (Å²) in [6, 6.07) is 0. The van der Waals surface area contributed by atoms with Crippen LogP contribution < -0.4 is 0 Å². The van der Waals surface area contributed by atoms with Crippen LogP contribution in [0, 0.1) is 0 Å². The Kier molecular flexibility index (Phi) is 7.39. The third kappa shape index (κ3) is 5.59. The van der Waals surface area contributed by atoms with Gasteiger partial charge in [-0.15, -0.1) is 0 Å². The van der Waals surface area contributed by atoms with Gasteiger partial charge in [0.2, 0.25) is 0 Å². The molecule has 17 heavy (non-hydrogen) atoms. The van der Waals surface area contributed by atoms with Crippen molar-refractivity contribution in [3.05, 3.63) is 35.3 Å². The van der Waals surface area contributed by atoms with Crippen molar-refractivity contribution >= 4 is 0 Å². The second-order valence-electron chi connectivity index (χ2n) is 4.28. The van der Waals surface area contributed by atoms with Gasteiger partial charge in [0.05, 0.1) is 14.2 Å². The number of ether oxygens (including phenoxy) is 2. The van der Waals surface area contributed by atoms with Gasteiger partial charge >= 0.3 is 0 Å². The smallest absolute Gasteiger partial charge is 0.160 e. The molecule has 0 atom stereocenters. The highest BCUT2D eigenvalue weighted by atomic mass is 16.5. The van der Waals surface area contributed by atoms with Crippen LogP contribution in [0.5, 0.6) is 0 Å². The summed E-state index contributed by atoms with van der Waals surface area (Å²) in [5.41, 5.74) is 2.16. The summed E-state index contributed by atoms with van der Waals surface area (Å²) in [5.74, 6) is 1.52. The average molecular weight is 239 g/mol. The molecule has 0 unspecified atom stereocenters. The molecule has 0 aliphatic carbocycles. The van der Waals surface area contributed by atoms with E-state index in [-0.39, 0.29) is 0 Å². The molecule has 0 aliphatic heterocycles. The fourth-order valence-electron chi connectivity index (χ4n) is 1.54. The lowest BCUT2D eigenvalue weighted by atomic mass is 10.1. The van der Waals surface area contributed by atoms with E-state index in [2.05, 4.69) is 18.4 Å². The zero-order chi connectivity index (χ0) is 13.4. The first-order valence-corrected chi connectivity index (χ1v) is 5.78. The van der Waals surface area contributed by atoms with E-state index in [4.69, 9.17) is 9.47 Å². The van der Waals surface area contributed by atoms with Crippen molar-refractivity contribution in [1.29, 1.82) is 0 Å². The Morgan fingerprint density at radius 3 is 2.18 bits per heavy atom. The van der Waals surface area contributed by atoms with Gasteiger partial charge in [0, 0.05) is 6.54 Å². The summed E-state index contributed by atoms with van der Waals surface area (Å²) in [4.78, 5) is 2.09. The first-order chi connectivity index (χ1) is 7.96. The van der Waals surface area contributed by atoms with E-state index < -0.39 is 0 Å². The summed E-state index contributed by atoms with van der Waals surface area (Å²) in [6.45, 7) is 8.90. The van der Waals surface area contributed by atoms with E-state index in [9.17, 15) is 0 Å². The third-order valence-electron chi connectivity index (χ3n) is 2.38. The number of rotatable bonds is 7. The van der Waals surface area contributed by atoms with Gasteiger partial charge in [0.1, 0.15) is 0 Å². The van der Waals surface area contributed by atoms with E-state index in [0.717, 1.165) is 35.6 Å². The standard InChI is InChI=1S/C14H25NO2/c1-8-11(2)9-13(16-6)14(17-7)12(3)10-15(4)5/h9H,2,8,10H2,1,3-7H3/b13-9+,14-12-. The maximum atomic E-state index is 5.43. The predicted molar refractivity (Wildman–Crippen MR) is 72.8 cm³/mol. The second-order valence-corrected chi connectivity index (χ2v) is 4.28. The topological polar surface area (TPSA) is 21.7 Å². The molecule has 98 valence electrons. The average Bonchev–Trinajstić information content (AvgIpc) is 2.27. The van der Waals surface area contributed by atoms with Crippen molar-refractivity contribution in [2.75, 3.05) is 34.9 Å². The van der Waals surface area contributed by atoms with Crippen molar-refractivity contribution < 1.29 is 9.47 Å². The molecule has 0 spiro atoms. The Morgan fingerprint density at radius 1 is 1.24 bits per heavy atom. The number of hydrogen-bond acceptors (Lipinski definition) is 3. The van der Waals surface area contributed by atoms with Gasteiger partial charge in [0.15, 0.2) is 11.5 Å². The molecule has 0 aromatic rings. The van der Waals surface area contributed by atoms with Crippen LogP contribution in [0.2, 0.25) is 0 Å². The fourth-order valence-corrected chi connectivity index (χ4v) is 1.54. The maximum absolute atomic E-state index is 5.43. The van der Waals surface area contributed by atoms with Crippen LogP contribution in [0.1, 0.15) is 20.3 Å². The molecular formula is C14H25NO2. The largest absolute Gasteiger partial charge is 0.493 e. The Labute approximate surface area is 105 Å². The van der Waals surface area contributed by atoms with Gasteiger partial charge in [0.25, 0.3) is 0 Å². The minimum atomic E-state index is 0.735. The van der Waals surface area contributed by atoms with Crippen LogP contribution in [0.4, 0.5) is 0 Å². The number of likely N-dealkylation sites (N-methyl/N-ethyl adjacent to an activating group) is 1. The number of nitrogens with zero attached hydrogens (tertiary/aromatic N) is 1. The Hall–Kier alpha value is -1.22. The molecule has 3 heteroatoms. The summed E-state index contributed by atoms with van der Waals surface area (Å²) < 4.78 is 10.8. The quantitative estimate of drug-likeness (QED) is 0.503. The molecule has 0 amide bonds. The summed E-state index contributed by atoms with van der Waals surface area (Å²) in [6.07, 6.45) is 2.83. The van der Waals surface area contributed by atoms with E-state index >= 15 is 0 Å². The molecule has 0 saturated carbocycles. The molecule has 0 rings (SSSR count). The fraction of sp³-hybridized carbons (Fsp3) is 0.571. The van der Waals surface area contributed by atoms with Crippen molar-refractivity contribution in [2.24, 2.45) is 0 Å². The number of methoxy groups -OCH3 is 2. The minimum absolute atomic E-state index is 0.735. The van der Waals surface area contributed by atoms with Crippen LogP contribution in [-0.2, 0) is 9.47 Å². The molecular weight excluding hydrogens is 214 g/mol. The van der Waals surface area contributed by atoms with Crippen LogP contribution in [-0.4, -0.2) is 39.8 Å². The first kappa shape index (κ1) is 15.8. The van der Waals surface area contributed by atoms with Crippen molar-refractivity contribution in [2.45, 2.75) is 20.3 Å². The van der Waals surface area contributed by atoms with Gasteiger partial charge < -0.3 is 14.4 Å². The van der Waals surface area contributed by atoms with Crippen LogP contribution in [0.3, 0.4) is 0 Å². The van der Waals surface area contributed by atoms with Crippen LogP contribution in [0.15, 0.2) is 35.3 Å². The highest BCUT2D eigenvalue weighted by molar-refractivity contribution is 5.32. The minimum Gasteiger partial charge on any atom is -0.493 e. The van der Waals surface area contributed by atoms with Gasteiger partial charge in [-0.2, -0.15) is 0 Å². The van der Waals surface area contributed by atoms with E-state index in [1.165, 1.54) is 0 Å². The highest BCUT2D eigenvalue weighted by Gasteiger charge is 2.11. The van der Waals surface area contributed by atoms with Gasteiger partial charge in [-0.1, -0.05) is 19.1 Å². The van der Waals surface area contributed by atoms with Gasteiger partial charge in [-0.25, -0.2) is 0 Å².